The van der Waals surface area contributed by atoms with Gasteiger partial charge in [0.25, 0.3) is 5.91 Å². The fraction of sp³-hybridized carbons (Fsp3) is 0.423. The van der Waals surface area contributed by atoms with E-state index in [2.05, 4.69) is 22.5 Å². The van der Waals surface area contributed by atoms with Gasteiger partial charge >= 0.3 is 5.97 Å². The molecule has 2 amide bonds. The number of aliphatic hydroxyl groups is 1. The van der Waals surface area contributed by atoms with Gasteiger partial charge in [-0.3, -0.25) is 14.4 Å². The number of rotatable bonds is 8. The van der Waals surface area contributed by atoms with Crippen LogP contribution in [0.2, 0.25) is 0 Å². The van der Waals surface area contributed by atoms with Gasteiger partial charge in [0.2, 0.25) is 5.91 Å². The van der Waals surface area contributed by atoms with Crippen molar-refractivity contribution in [2.75, 3.05) is 24.6 Å². The van der Waals surface area contributed by atoms with Crippen LogP contribution in [0.1, 0.15) is 12.8 Å². The number of fused-ring (bicyclic) bond motifs is 2. The van der Waals surface area contributed by atoms with Gasteiger partial charge in [0.05, 0.1) is 16.6 Å². The number of likely N-dealkylation sites (tertiary alicyclic amines) is 1. The Bertz CT molecular complexity index is 1210. The van der Waals surface area contributed by atoms with E-state index in [4.69, 9.17) is 0 Å². The first kappa shape index (κ1) is 24.3. The Hall–Kier alpha value is -2.36. The van der Waals surface area contributed by atoms with Crippen molar-refractivity contribution in [3.63, 3.8) is 0 Å². The van der Waals surface area contributed by atoms with E-state index in [-0.39, 0.29) is 41.6 Å². The first-order valence-corrected chi connectivity index (χ1v) is 13.5. The maximum Gasteiger partial charge on any atom is 0.308 e. The number of alkyl halides is 1. The van der Waals surface area contributed by atoms with Crippen LogP contribution in [-0.2, 0) is 14.4 Å². The van der Waals surface area contributed by atoms with E-state index in [9.17, 15) is 24.6 Å². The van der Waals surface area contributed by atoms with E-state index in [1.807, 2.05) is 42.5 Å². The third-order valence-electron chi connectivity index (χ3n) is 7.49. The third-order valence-corrected chi connectivity index (χ3v) is 10.7. The number of carboxylic acids is 1. The molecule has 3 unspecified atom stereocenters. The highest BCUT2D eigenvalue weighted by atomic mass is 79.9. The molecule has 3 fully saturated rings. The Balaban J connectivity index is 1.59. The van der Waals surface area contributed by atoms with E-state index < -0.39 is 28.6 Å². The topological polar surface area (TPSA) is 98.2 Å². The maximum absolute atomic E-state index is 14.3. The minimum absolute atomic E-state index is 0.0979. The molecule has 5 rings (SSSR count). The van der Waals surface area contributed by atoms with E-state index in [0.29, 0.717) is 18.5 Å². The summed E-state index contributed by atoms with van der Waals surface area (Å²) in [5.41, 5.74) is 0.700. The van der Waals surface area contributed by atoms with Crippen molar-refractivity contribution >= 4 is 61.9 Å². The quantitative estimate of drug-likeness (QED) is 0.381. The molecular formula is C26H27BrN2O5S. The smallest absolute Gasteiger partial charge is 0.308 e. The largest absolute Gasteiger partial charge is 0.481 e. The monoisotopic (exact) mass is 558 g/mol. The van der Waals surface area contributed by atoms with Crippen LogP contribution in [-0.4, -0.2) is 73.5 Å². The van der Waals surface area contributed by atoms with Crippen molar-refractivity contribution < 1.29 is 24.6 Å². The summed E-state index contributed by atoms with van der Waals surface area (Å²) in [5.74, 6) is -3.16. The molecule has 7 nitrogen and oxygen atoms in total. The Kier molecular flexibility index (Phi) is 6.44. The molecular weight excluding hydrogens is 532 g/mol. The zero-order valence-electron chi connectivity index (χ0n) is 19.0. The molecule has 0 aliphatic carbocycles. The van der Waals surface area contributed by atoms with Gasteiger partial charge in [-0.1, -0.05) is 52.3 Å². The number of aliphatic carboxylic acids is 1. The van der Waals surface area contributed by atoms with Crippen molar-refractivity contribution in [1.82, 2.24) is 4.90 Å². The molecule has 184 valence electrons. The molecule has 1 spiro atoms. The van der Waals surface area contributed by atoms with Crippen LogP contribution in [0, 0.1) is 11.8 Å². The van der Waals surface area contributed by atoms with E-state index in [1.165, 1.54) is 16.7 Å². The molecule has 2 aromatic carbocycles. The minimum Gasteiger partial charge on any atom is -0.481 e. The molecule has 3 aliphatic rings. The van der Waals surface area contributed by atoms with Crippen LogP contribution in [0.4, 0.5) is 5.69 Å². The summed E-state index contributed by atoms with van der Waals surface area (Å²) < 4.78 is -0.832. The Morgan fingerprint density at radius 1 is 1.26 bits per heavy atom. The van der Waals surface area contributed by atoms with Crippen LogP contribution in [0.5, 0.6) is 0 Å². The summed E-state index contributed by atoms with van der Waals surface area (Å²) in [6.45, 7) is 4.18. The van der Waals surface area contributed by atoms with Gasteiger partial charge in [-0.25, -0.2) is 0 Å². The Morgan fingerprint density at radius 2 is 2.00 bits per heavy atom. The molecule has 2 N–H and O–H groups in total. The average molecular weight is 559 g/mol. The lowest BCUT2D eigenvalue weighted by atomic mass is 9.71. The number of aliphatic hydroxyl groups excluding tert-OH is 1. The third kappa shape index (κ3) is 3.70. The van der Waals surface area contributed by atoms with E-state index in [1.54, 1.807) is 11.0 Å². The lowest BCUT2D eigenvalue weighted by molar-refractivity contribution is -0.148. The van der Waals surface area contributed by atoms with Crippen molar-refractivity contribution in [2.24, 2.45) is 11.8 Å². The van der Waals surface area contributed by atoms with Crippen LogP contribution in [0.3, 0.4) is 0 Å². The summed E-state index contributed by atoms with van der Waals surface area (Å²) >= 11 is 5.13. The van der Waals surface area contributed by atoms with E-state index >= 15 is 0 Å². The second-order valence-corrected chi connectivity index (χ2v) is 12.1. The second-order valence-electron chi connectivity index (χ2n) is 9.38. The number of benzene rings is 2. The first-order chi connectivity index (χ1) is 16.8. The summed E-state index contributed by atoms with van der Waals surface area (Å²) in [7, 11) is 0. The van der Waals surface area contributed by atoms with Crippen LogP contribution >= 0.6 is 27.7 Å². The number of thioether (sulfide) groups is 1. The standard InChI is InChI=1S/C26H27BrN2O5S/c1-2-10-28(17-9-8-15-6-3-4-7-16(15)13-17)24(32)22-26-14-18(27)21(35-26)19(25(33)34)20(26)23(31)29(22)11-5-12-30/h2-4,6-9,13,18-22,30H,1,5,10-12,14H2,(H,33,34)/t18?,19-,20+,21-,22?,26?/m1/s1. The summed E-state index contributed by atoms with van der Waals surface area (Å²) in [6, 6.07) is 12.9. The van der Waals surface area contributed by atoms with Crippen LogP contribution in [0.15, 0.2) is 55.1 Å². The van der Waals surface area contributed by atoms with E-state index in [0.717, 1.165) is 10.8 Å². The summed E-state index contributed by atoms with van der Waals surface area (Å²) in [6.07, 6.45) is 2.51. The van der Waals surface area contributed by atoms with Gasteiger partial charge in [-0.05, 0) is 35.7 Å². The van der Waals surface area contributed by atoms with Gasteiger partial charge in [0.15, 0.2) is 0 Å². The molecule has 2 bridgehead atoms. The molecule has 6 atom stereocenters. The zero-order valence-corrected chi connectivity index (χ0v) is 21.5. The average Bonchev–Trinajstić information content (AvgIpc) is 3.44. The molecule has 2 aromatic rings. The minimum atomic E-state index is -1.00. The van der Waals surface area contributed by atoms with Gasteiger partial charge in [0.1, 0.15) is 6.04 Å². The van der Waals surface area contributed by atoms with Crippen molar-refractivity contribution in [3.8, 4) is 0 Å². The van der Waals surface area contributed by atoms with Crippen molar-refractivity contribution in [1.29, 1.82) is 0 Å². The molecule has 3 saturated heterocycles. The zero-order chi connectivity index (χ0) is 24.9. The fourth-order valence-electron chi connectivity index (χ4n) is 6.12. The predicted molar refractivity (Wildman–Crippen MR) is 140 cm³/mol. The number of nitrogens with zero attached hydrogens (tertiary/aromatic N) is 2. The predicted octanol–water partition coefficient (Wildman–Crippen LogP) is 3.29. The molecule has 3 heterocycles. The van der Waals surface area contributed by atoms with Crippen molar-refractivity contribution in [2.45, 2.75) is 33.7 Å². The van der Waals surface area contributed by atoms with Crippen molar-refractivity contribution in [3.05, 3.63) is 55.1 Å². The Morgan fingerprint density at radius 3 is 2.69 bits per heavy atom. The first-order valence-electron chi connectivity index (χ1n) is 11.7. The number of anilines is 1. The highest BCUT2D eigenvalue weighted by Gasteiger charge is 2.76. The maximum atomic E-state index is 14.3. The van der Waals surface area contributed by atoms with Gasteiger partial charge in [-0.15, -0.1) is 18.3 Å². The lowest BCUT2D eigenvalue weighted by Gasteiger charge is -2.37. The highest BCUT2D eigenvalue weighted by molar-refractivity contribution is 9.09. The number of halogens is 1. The van der Waals surface area contributed by atoms with Crippen LogP contribution in [0.25, 0.3) is 10.8 Å². The number of hydrogen-bond donors (Lipinski definition) is 2. The number of carboxylic acid groups (broad SMARTS) is 1. The second kappa shape index (κ2) is 9.26. The molecule has 9 heteroatoms. The Labute approximate surface area is 216 Å². The van der Waals surface area contributed by atoms with Crippen LogP contribution < -0.4 is 4.90 Å². The van der Waals surface area contributed by atoms with Gasteiger partial charge in [0, 0.05) is 35.5 Å². The highest BCUT2D eigenvalue weighted by Crippen LogP contribution is 2.67. The molecule has 0 radical (unpaired) electrons. The molecule has 3 aliphatic heterocycles. The fourth-order valence-corrected chi connectivity index (χ4v) is 9.72. The van der Waals surface area contributed by atoms with Gasteiger partial charge < -0.3 is 20.0 Å². The SMILES string of the molecule is C=CCN(C(=O)C1N(CCCO)C(=O)[C@@H]2[C@@H](C(=O)O)[C@@H]3SC12CC3Br)c1ccc2ccccc2c1. The summed E-state index contributed by atoms with van der Waals surface area (Å²) in [5, 5.41) is 21.3. The number of carbonyl (C=O) groups excluding carboxylic acids is 2. The normalized spacial score (nSPS) is 31.1. The lowest BCUT2D eigenvalue weighted by Crippen LogP contribution is -2.55. The number of hydrogen-bond acceptors (Lipinski definition) is 5. The molecule has 0 saturated carbocycles. The molecule has 35 heavy (non-hydrogen) atoms. The number of amides is 2. The summed E-state index contributed by atoms with van der Waals surface area (Å²) in [4.78, 5) is 43.3. The molecule has 0 aromatic heterocycles. The number of carbonyl (C=O) groups is 3. The van der Waals surface area contributed by atoms with Gasteiger partial charge in [-0.2, -0.15) is 0 Å².